The maximum Gasteiger partial charge on any atom is 0.355 e. The van der Waals surface area contributed by atoms with Crippen LogP contribution in [0.1, 0.15) is 13.8 Å². The summed E-state index contributed by atoms with van der Waals surface area (Å²) < 4.78 is 24.0. The maximum atomic E-state index is 13.2. The number of amides is 2. The third-order valence-corrected chi connectivity index (χ3v) is 7.63. The van der Waals surface area contributed by atoms with Gasteiger partial charge >= 0.3 is 7.60 Å². The van der Waals surface area contributed by atoms with Crippen LogP contribution in [0.25, 0.3) is 11.1 Å². The molecule has 4 rings (SSSR count). The Bertz CT molecular complexity index is 1010. The molecule has 2 heterocycles. The number of nitrogens with zero attached hydrogens (tertiary/aromatic N) is 2. The van der Waals surface area contributed by atoms with Gasteiger partial charge in [-0.3, -0.25) is 19.1 Å². The molecule has 2 amide bonds. The molecule has 3 atom stereocenters. The second-order valence-electron chi connectivity index (χ2n) is 7.06. The van der Waals surface area contributed by atoms with Gasteiger partial charge in [-0.1, -0.05) is 42.5 Å². The van der Waals surface area contributed by atoms with E-state index < -0.39 is 31.1 Å². The first-order chi connectivity index (χ1) is 14.5. The SMILES string of the molecule is CCOP(=O)(OCC)[C@@H]1N=C[C@H]2C(=O)N(c3ccc(-c4ccccc4)cc3)C(=O)[C@@H]12. The van der Waals surface area contributed by atoms with Crippen LogP contribution in [-0.2, 0) is 23.2 Å². The predicted octanol–water partition coefficient (Wildman–Crippen LogP) is 4.14. The number of carbonyl (C=O) groups excluding carboxylic acids is 2. The Labute approximate surface area is 175 Å². The van der Waals surface area contributed by atoms with E-state index in [0.717, 1.165) is 16.0 Å². The molecule has 0 radical (unpaired) electrons. The molecule has 7 nitrogen and oxygen atoms in total. The van der Waals surface area contributed by atoms with E-state index in [0.29, 0.717) is 5.69 Å². The van der Waals surface area contributed by atoms with Gasteiger partial charge in [-0.15, -0.1) is 0 Å². The van der Waals surface area contributed by atoms with Crippen LogP contribution < -0.4 is 4.90 Å². The van der Waals surface area contributed by atoms with E-state index in [4.69, 9.17) is 9.05 Å². The van der Waals surface area contributed by atoms with Crippen LogP contribution in [0, 0.1) is 11.8 Å². The second kappa shape index (κ2) is 8.26. The Morgan fingerprint density at radius 2 is 1.50 bits per heavy atom. The second-order valence-corrected chi connectivity index (χ2v) is 9.19. The third kappa shape index (κ3) is 3.43. The molecule has 0 N–H and O–H groups in total. The van der Waals surface area contributed by atoms with Crippen molar-refractivity contribution in [2.45, 2.75) is 19.6 Å². The largest absolute Gasteiger partial charge is 0.355 e. The Balaban J connectivity index is 1.62. The molecule has 8 heteroatoms. The minimum absolute atomic E-state index is 0.160. The van der Waals surface area contributed by atoms with Crippen molar-refractivity contribution in [3.8, 4) is 11.1 Å². The van der Waals surface area contributed by atoms with E-state index in [1.54, 1.807) is 26.0 Å². The Morgan fingerprint density at radius 1 is 0.900 bits per heavy atom. The Kier molecular flexibility index (Phi) is 5.69. The fourth-order valence-electron chi connectivity index (χ4n) is 3.97. The summed E-state index contributed by atoms with van der Waals surface area (Å²) in [6.45, 7) is 3.72. The average Bonchev–Trinajstić information content (AvgIpc) is 3.30. The van der Waals surface area contributed by atoms with Gasteiger partial charge in [0, 0.05) is 6.21 Å². The summed E-state index contributed by atoms with van der Waals surface area (Å²) in [5.41, 5.74) is 2.51. The highest BCUT2D eigenvalue weighted by atomic mass is 31.2. The molecule has 0 aromatic heterocycles. The van der Waals surface area contributed by atoms with Crippen molar-refractivity contribution in [2.24, 2.45) is 16.8 Å². The van der Waals surface area contributed by atoms with Gasteiger partial charge < -0.3 is 9.05 Å². The van der Waals surface area contributed by atoms with Crippen LogP contribution in [-0.4, -0.2) is 37.0 Å². The smallest absolute Gasteiger partial charge is 0.307 e. The van der Waals surface area contributed by atoms with Crippen LogP contribution in [0.2, 0.25) is 0 Å². The molecule has 0 saturated carbocycles. The average molecular weight is 426 g/mol. The minimum atomic E-state index is -3.66. The van der Waals surface area contributed by atoms with Crippen molar-refractivity contribution >= 4 is 31.3 Å². The van der Waals surface area contributed by atoms with Crippen LogP contribution in [0.5, 0.6) is 0 Å². The molecule has 2 aliphatic heterocycles. The molecule has 2 aliphatic rings. The van der Waals surface area contributed by atoms with Crippen molar-refractivity contribution in [1.82, 2.24) is 0 Å². The number of hydrogen-bond donors (Lipinski definition) is 0. The van der Waals surface area contributed by atoms with Gasteiger partial charge in [0.1, 0.15) is 0 Å². The summed E-state index contributed by atoms with van der Waals surface area (Å²) in [7, 11) is -3.66. The summed E-state index contributed by atoms with van der Waals surface area (Å²) in [4.78, 5) is 31.6. The van der Waals surface area contributed by atoms with Crippen LogP contribution in [0.15, 0.2) is 59.6 Å². The van der Waals surface area contributed by atoms with Crippen molar-refractivity contribution < 1.29 is 23.2 Å². The standard InChI is InChI=1S/C22H23N2O5P/c1-3-28-30(27,29-4-2)20-19-18(14-23-20)21(25)24(22(19)26)17-12-10-16(11-13-17)15-8-6-5-7-9-15/h5-14,18-20H,3-4H2,1-2H3/t18-,19-,20+/m1/s1. The van der Waals surface area contributed by atoms with Crippen molar-refractivity contribution in [2.75, 3.05) is 18.1 Å². The van der Waals surface area contributed by atoms with E-state index in [-0.39, 0.29) is 19.1 Å². The Hall–Kier alpha value is -2.60. The fourth-order valence-corrected chi connectivity index (χ4v) is 6.02. The number of rotatable bonds is 7. The zero-order chi connectivity index (χ0) is 21.3. The highest BCUT2D eigenvalue weighted by molar-refractivity contribution is 7.54. The minimum Gasteiger partial charge on any atom is -0.307 e. The number of benzene rings is 2. The lowest BCUT2D eigenvalue weighted by Crippen LogP contribution is -2.33. The molecular formula is C22H23N2O5P. The number of hydrogen-bond acceptors (Lipinski definition) is 6. The molecular weight excluding hydrogens is 403 g/mol. The lowest BCUT2D eigenvalue weighted by molar-refractivity contribution is -0.122. The van der Waals surface area contributed by atoms with E-state index in [1.807, 2.05) is 42.5 Å². The number of carbonyl (C=O) groups is 2. The van der Waals surface area contributed by atoms with Crippen LogP contribution in [0.4, 0.5) is 5.69 Å². The Morgan fingerprint density at radius 3 is 2.10 bits per heavy atom. The normalized spacial score (nSPS) is 23.3. The molecule has 0 unspecified atom stereocenters. The first-order valence-corrected chi connectivity index (χ1v) is 11.6. The predicted molar refractivity (Wildman–Crippen MR) is 114 cm³/mol. The fraction of sp³-hybridized carbons (Fsp3) is 0.318. The summed E-state index contributed by atoms with van der Waals surface area (Å²) in [6, 6.07) is 17.1. The number of fused-ring (bicyclic) bond motifs is 1. The van der Waals surface area contributed by atoms with E-state index in [1.165, 1.54) is 6.21 Å². The quantitative estimate of drug-likeness (QED) is 0.491. The maximum absolute atomic E-state index is 13.2. The van der Waals surface area contributed by atoms with Gasteiger partial charge in [-0.25, -0.2) is 4.90 Å². The third-order valence-electron chi connectivity index (χ3n) is 5.29. The van der Waals surface area contributed by atoms with E-state index in [2.05, 4.69) is 4.99 Å². The van der Waals surface area contributed by atoms with Crippen LogP contribution >= 0.6 is 7.60 Å². The topological polar surface area (TPSA) is 85.3 Å². The number of aliphatic imine (C=N–C) groups is 1. The van der Waals surface area contributed by atoms with Crippen molar-refractivity contribution in [3.05, 3.63) is 54.6 Å². The summed E-state index contributed by atoms with van der Waals surface area (Å²) in [5.74, 6) is -3.45. The molecule has 2 aromatic carbocycles. The molecule has 156 valence electrons. The van der Waals surface area contributed by atoms with Crippen molar-refractivity contribution in [3.63, 3.8) is 0 Å². The molecule has 0 aliphatic carbocycles. The first-order valence-electron chi connectivity index (χ1n) is 9.95. The zero-order valence-electron chi connectivity index (χ0n) is 16.8. The lowest BCUT2D eigenvalue weighted by Gasteiger charge is -2.25. The number of imide groups is 1. The highest BCUT2D eigenvalue weighted by Crippen LogP contribution is 2.60. The number of anilines is 1. The molecule has 0 bridgehead atoms. The summed E-state index contributed by atoms with van der Waals surface area (Å²) in [5, 5.41) is 0. The zero-order valence-corrected chi connectivity index (χ0v) is 17.7. The molecule has 0 spiro atoms. The molecule has 30 heavy (non-hydrogen) atoms. The summed E-state index contributed by atoms with van der Waals surface area (Å²) in [6.07, 6.45) is 1.42. The van der Waals surface area contributed by atoms with Gasteiger partial charge in [-0.2, -0.15) is 0 Å². The van der Waals surface area contributed by atoms with Gasteiger partial charge in [0.05, 0.1) is 30.7 Å². The van der Waals surface area contributed by atoms with E-state index >= 15 is 0 Å². The summed E-state index contributed by atoms with van der Waals surface area (Å²) >= 11 is 0. The first kappa shape index (κ1) is 20.7. The molecule has 2 aromatic rings. The van der Waals surface area contributed by atoms with Gasteiger partial charge in [0.15, 0.2) is 5.78 Å². The van der Waals surface area contributed by atoms with Gasteiger partial charge in [-0.05, 0) is 37.1 Å². The monoisotopic (exact) mass is 426 g/mol. The lowest BCUT2D eigenvalue weighted by atomic mass is 9.99. The van der Waals surface area contributed by atoms with Gasteiger partial charge in [0.25, 0.3) is 0 Å². The van der Waals surface area contributed by atoms with Crippen molar-refractivity contribution in [1.29, 1.82) is 0 Å². The van der Waals surface area contributed by atoms with Gasteiger partial charge in [0.2, 0.25) is 11.8 Å². The molecule has 1 saturated heterocycles. The highest BCUT2D eigenvalue weighted by Gasteiger charge is 2.59. The van der Waals surface area contributed by atoms with E-state index in [9.17, 15) is 14.2 Å². The van der Waals surface area contributed by atoms with Crippen LogP contribution in [0.3, 0.4) is 0 Å². The molecule has 1 fully saturated rings.